The first-order chi connectivity index (χ1) is 12.4. The molecule has 0 aliphatic rings. The molecule has 0 aliphatic heterocycles. The van der Waals surface area contributed by atoms with E-state index in [9.17, 15) is 9.59 Å². The number of carbonyl (C=O) groups excluding carboxylic acids is 2. The lowest BCUT2D eigenvalue weighted by Gasteiger charge is -2.17. The number of ether oxygens (including phenoxy) is 1. The predicted molar refractivity (Wildman–Crippen MR) is 102 cm³/mol. The highest BCUT2D eigenvalue weighted by Crippen LogP contribution is 2.21. The summed E-state index contributed by atoms with van der Waals surface area (Å²) in [6, 6.07) is 5.42. The maximum Gasteiger partial charge on any atom is 0.329 e. The zero-order chi connectivity index (χ0) is 19.1. The van der Waals surface area contributed by atoms with Crippen LogP contribution in [0, 0.1) is 6.92 Å². The summed E-state index contributed by atoms with van der Waals surface area (Å²) >= 11 is 13.5. The standard InChI is InChI=1S/C17H18Cl2N2O4S/c1-10-7-12(21-25-10)9-24-17(23)15(5-6-26-2)20-16(22)13-4-3-11(18)8-14(13)19/h3-4,7-8,15H,5-6,9H2,1-2H3,(H,20,22)/t15-/m1/s1. The number of halogens is 2. The van der Waals surface area contributed by atoms with E-state index in [0.717, 1.165) is 0 Å². The average Bonchev–Trinajstić information content (AvgIpc) is 3.01. The van der Waals surface area contributed by atoms with Gasteiger partial charge in [0.15, 0.2) is 0 Å². The number of esters is 1. The topological polar surface area (TPSA) is 81.4 Å². The molecule has 6 nitrogen and oxygen atoms in total. The molecule has 0 radical (unpaired) electrons. The van der Waals surface area contributed by atoms with Crippen molar-refractivity contribution < 1.29 is 18.8 Å². The van der Waals surface area contributed by atoms with Gasteiger partial charge in [-0.2, -0.15) is 11.8 Å². The molecule has 0 spiro atoms. The molecule has 1 heterocycles. The second kappa shape index (κ2) is 9.85. The Hall–Kier alpha value is -1.70. The number of nitrogens with zero attached hydrogens (tertiary/aromatic N) is 1. The third kappa shape index (κ3) is 5.93. The van der Waals surface area contributed by atoms with E-state index in [4.69, 9.17) is 32.5 Å². The van der Waals surface area contributed by atoms with Crippen molar-refractivity contribution in [2.75, 3.05) is 12.0 Å². The molecule has 1 N–H and O–H groups in total. The van der Waals surface area contributed by atoms with Crippen LogP contribution in [0.5, 0.6) is 0 Å². The molecule has 0 saturated heterocycles. The smallest absolute Gasteiger partial charge is 0.329 e. The highest BCUT2D eigenvalue weighted by Gasteiger charge is 2.24. The summed E-state index contributed by atoms with van der Waals surface area (Å²) in [6.07, 6.45) is 2.34. The normalized spacial score (nSPS) is 11.8. The molecule has 2 rings (SSSR count). The molecule has 0 fully saturated rings. The van der Waals surface area contributed by atoms with Crippen molar-refractivity contribution in [2.24, 2.45) is 0 Å². The average molecular weight is 417 g/mol. The van der Waals surface area contributed by atoms with Gasteiger partial charge in [0.2, 0.25) is 0 Å². The number of aromatic nitrogens is 1. The molecule has 26 heavy (non-hydrogen) atoms. The number of aryl methyl sites for hydroxylation is 1. The van der Waals surface area contributed by atoms with E-state index in [1.807, 2.05) is 6.26 Å². The third-order valence-corrected chi connectivity index (χ3v) is 4.61. The molecule has 1 aromatic carbocycles. The van der Waals surface area contributed by atoms with Crippen molar-refractivity contribution in [3.63, 3.8) is 0 Å². The minimum atomic E-state index is -0.797. The van der Waals surface area contributed by atoms with E-state index in [0.29, 0.717) is 28.7 Å². The second-order valence-electron chi connectivity index (χ2n) is 5.47. The van der Waals surface area contributed by atoms with Gasteiger partial charge in [-0.15, -0.1) is 0 Å². The van der Waals surface area contributed by atoms with Gasteiger partial charge in [-0.25, -0.2) is 4.79 Å². The van der Waals surface area contributed by atoms with Crippen molar-refractivity contribution in [3.8, 4) is 0 Å². The second-order valence-corrected chi connectivity index (χ2v) is 7.30. The summed E-state index contributed by atoms with van der Waals surface area (Å²) in [4.78, 5) is 24.8. The molecule has 0 bridgehead atoms. The van der Waals surface area contributed by atoms with Gasteiger partial charge in [-0.3, -0.25) is 4.79 Å². The molecule has 0 unspecified atom stereocenters. The van der Waals surface area contributed by atoms with Crippen molar-refractivity contribution >= 4 is 46.8 Å². The van der Waals surface area contributed by atoms with E-state index in [1.165, 1.54) is 12.1 Å². The fourth-order valence-corrected chi connectivity index (χ4v) is 3.09. The van der Waals surface area contributed by atoms with E-state index in [1.54, 1.807) is 30.8 Å². The minimum Gasteiger partial charge on any atom is -0.458 e. The summed E-state index contributed by atoms with van der Waals surface area (Å²) in [6.45, 7) is 1.72. The number of amides is 1. The molecular weight excluding hydrogens is 399 g/mol. The third-order valence-electron chi connectivity index (χ3n) is 3.42. The summed E-state index contributed by atoms with van der Waals surface area (Å²) in [5.41, 5.74) is 0.747. The Bertz CT molecular complexity index is 782. The van der Waals surface area contributed by atoms with Gasteiger partial charge in [-0.1, -0.05) is 28.4 Å². The first kappa shape index (κ1) is 20.6. The van der Waals surface area contributed by atoms with Crippen LogP contribution in [0.1, 0.15) is 28.2 Å². The zero-order valence-corrected chi connectivity index (χ0v) is 16.6. The molecular formula is C17H18Cl2N2O4S. The van der Waals surface area contributed by atoms with Crippen LogP contribution in [0.2, 0.25) is 10.0 Å². The number of benzene rings is 1. The van der Waals surface area contributed by atoms with Crippen LogP contribution in [0.15, 0.2) is 28.8 Å². The highest BCUT2D eigenvalue weighted by atomic mass is 35.5. The Morgan fingerprint density at radius 1 is 1.35 bits per heavy atom. The van der Waals surface area contributed by atoms with Gasteiger partial charge in [0, 0.05) is 11.1 Å². The van der Waals surface area contributed by atoms with Gasteiger partial charge in [-0.05, 0) is 43.6 Å². The number of rotatable bonds is 8. The fourth-order valence-electron chi connectivity index (χ4n) is 2.13. The van der Waals surface area contributed by atoms with Crippen LogP contribution in [0.4, 0.5) is 0 Å². The van der Waals surface area contributed by atoms with Crippen molar-refractivity contribution in [3.05, 3.63) is 51.3 Å². The van der Waals surface area contributed by atoms with Crippen LogP contribution >= 0.6 is 35.0 Å². The Morgan fingerprint density at radius 3 is 2.73 bits per heavy atom. The molecule has 9 heteroatoms. The van der Waals surface area contributed by atoms with E-state index in [2.05, 4.69) is 10.5 Å². The molecule has 2 aromatic rings. The molecule has 1 aromatic heterocycles. The van der Waals surface area contributed by atoms with E-state index >= 15 is 0 Å². The summed E-state index contributed by atoms with van der Waals surface area (Å²) < 4.78 is 10.2. The van der Waals surface area contributed by atoms with Crippen LogP contribution in [-0.2, 0) is 16.1 Å². The summed E-state index contributed by atoms with van der Waals surface area (Å²) in [5, 5.41) is 7.07. The number of carbonyl (C=O) groups is 2. The Balaban J connectivity index is 2.02. The lowest BCUT2D eigenvalue weighted by atomic mass is 10.1. The Morgan fingerprint density at radius 2 is 2.12 bits per heavy atom. The first-order valence-electron chi connectivity index (χ1n) is 7.74. The molecule has 0 aliphatic carbocycles. The molecule has 140 valence electrons. The van der Waals surface area contributed by atoms with Gasteiger partial charge in [0.05, 0.1) is 10.6 Å². The predicted octanol–water partition coefficient (Wildman–Crippen LogP) is 3.88. The molecule has 0 saturated carbocycles. The SMILES string of the molecule is CSCC[C@@H](NC(=O)c1ccc(Cl)cc1Cl)C(=O)OCc1cc(C)on1. The monoisotopic (exact) mass is 416 g/mol. The quantitative estimate of drug-likeness (QED) is 0.657. The Kier molecular flexibility index (Phi) is 7.81. The van der Waals surface area contributed by atoms with E-state index < -0.39 is 17.9 Å². The largest absolute Gasteiger partial charge is 0.458 e. The number of thioether (sulfide) groups is 1. The van der Waals surface area contributed by atoms with Crippen LogP contribution in [-0.4, -0.2) is 35.1 Å². The lowest BCUT2D eigenvalue weighted by Crippen LogP contribution is -2.42. The van der Waals surface area contributed by atoms with Gasteiger partial charge in [0.25, 0.3) is 5.91 Å². The summed E-state index contributed by atoms with van der Waals surface area (Å²) in [5.74, 6) is 0.295. The first-order valence-corrected chi connectivity index (χ1v) is 9.89. The summed E-state index contributed by atoms with van der Waals surface area (Å²) in [7, 11) is 0. The number of hydrogen-bond acceptors (Lipinski definition) is 6. The number of nitrogens with one attached hydrogen (secondary N) is 1. The highest BCUT2D eigenvalue weighted by molar-refractivity contribution is 7.98. The minimum absolute atomic E-state index is 0.0243. The van der Waals surface area contributed by atoms with Crippen molar-refractivity contribution in [2.45, 2.75) is 26.0 Å². The van der Waals surface area contributed by atoms with Crippen LogP contribution < -0.4 is 5.32 Å². The molecule has 1 amide bonds. The lowest BCUT2D eigenvalue weighted by molar-refractivity contribution is -0.147. The van der Waals surface area contributed by atoms with Gasteiger partial charge >= 0.3 is 5.97 Å². The van der Waals surface area contributed by atoms with Crippen molar-refractivity contribution in [1.29, 1.82) is 0 Å². The zero-order valence-electron chi connectivity index (χ0n) is 14.3. The van der Waals surface area contributed by atoms with E-state index in [-0.39, 0.29) is 17.2 Å². The van der Waals surface area contributed by atoms with Crippen molar-refractivity contribution in [1.82, 2.24) is 10.5 Å². The fraction of sp³-hybridized carbons (Fsp3) is 0.353. The van der Waals surface area contributed by atoms with Crippen LogP contribution in [0.25, 0.3) is 0 Å². The van der Waals surface area contributed by atoms with Crippen LogP contribution in [0.3, 0.4) is 0 Å². The molecule has 1 atom stereocenters. The number of hydrogen-bond donors (Lipinski definition) is 1. The maximum atomic E-state index is 12.5. The Labute approximate surface area is 165 Å². The van der Waals surface area contributed by atoms with Gasteiger partial charge < -0.3 is 14.6 Å². The maximum absolute atomic E-state index is 12.5. The van der Waals surface area contributed by atoms with Gasteiger partial charge in [0.1, 0.15) is 24.1 Å².